The van der Waals surface area contributed by atoms with Crippen molar-refractivity contribution in [3.05, 3.63) is 0 Å². The Bertz CT molecular complexity index is 351. The summed E-state index contributed by atoms with van der Waals surface area (Å²) in [6, 6.07) is 0. The van der Waals surface area contributed by atoms with Crippen LogP contribution < -0.4 is 0 Å². The van der Waals surface area contributed by atoms with Crippen LogP contribution in [0.2, 0.25) is 0 Å². The van der Waals surface area contributed by atoms with E-state index in [4.69, 9.17) is 0 Å². The molecule has 0 unspecified atom stereocenters. The first-order valence-electron chi connectivity index (χ1n) is 7.36. The fraction of sp³-hybridized carbons (Fsp3) is 1.00. The van der Waals surface area contributed by atoms with Gasteiger partial charge in [-0.2, -0.15) is 0 Å². The van der Waals surface area contributed by atoms with E-state index in [1.165, 1.54) is 32.1 Å². The summed E-state index contributed by atoms with van der Waals surface area (Å²) in [7, 11) is 0. The van der Waals surface area contributed by atoms with Crippen LogP contribution in [0.1, 0.15) is 66.7 Å². The maximum atomic E-state index is 10.5. The van der Waals surface area contributed by atoms with Gasteiger partial charge in [0.25, 0.3) is 0 Å². The molecule has 98 valence electrons. The minimum absolute atomic E-state index is 0.258. The van der Waals surface area contributed by atoms with E-state index in [0.717, 1.165) is 11.8 Å². The van der Waals surface area contributed by atoms with Gasteiger partial charge in [-0.25, -0.2) is 0 Å². The maximum Gasteiger partial charge on any atom is 0.0650 e. The molecule has 0 radical (unpaired) electrons. The van der Waals surface area contributed by atoms with Crippen LogP contribution in [0, 0.1) is 28.1 Å². The zero-order chi connectivity index (χ0) is 12.7. The molecular weight excluding hydrogens is 208 g/mol. The summed E-state index contributed by atoms with van der Waals surface area (Å²) < 4.78 is 0. The van der Waals surface area contributed by atoms with E-state index in [9.17, 15) is 5.11 Å². The standard InChI is InChI=1S/C16H28O/c1-13(2)7-6-8-15(5)11(13)9-16(10-12(15)16)14(3,4)17/h11-12,17H,6-10H2,1-5H3/t11-,12-,15+,16+/m1/s1. The quantitative estimate of drug-likeness (QED) is 0.729. The molecule has 0 aliphatic heterocycles. The summed E-state index contributed by atoms with van der Waals surface area (Å²) in [5.41, 5.74) is 0.780. The fourth-order valence-corrected chi connectivity index (χ4v) is 5.78. The highest BCUT2D eigenvalue weighted by Crippen LogP contribution is 2.81. The van der Waals surface area contributed by atoms with E-state index in [0.29, 0.717) is 10.8 Å². The van der Waals surface area contributed by atoms with Crippen molar-refractivity contribution < 1.29 is 5.11 Å². The second-order valence-electron chi connectivity index (χ2n) is 8.58. The van der Waals surface area contributed by atoms with Crippen LogP contribution in [-0.4, -0.2) is 10.7 Å². The van der Waals surface area contributed by atoms with Crippen molar-refractivity contribution in [1.29, 1.82) is 0 Å². The van der Waals surface area contributed by atoms with Crippen LogP contribution in [0.15, 0.2) is 0 Å². The van der Waals surface area contributed by atoms with Crippen LogP contribution in [-0.2, 0) is 0 Å². The molecule has 0 aromatic carbocycles. The van der Waals surface area contributed by atoms with Gasteiger partial charge in [-0.3, -0.25) is 0 Å². The monoisotopic (exact) mass is 236 g/mol. The number of hydrogen-bond donors (Lipinski definition) is 1. The molecule has 0 bridgehead atoms. The van der Waals surface area contributed by atoms with Gasteiger partial charge < -0.3 is 5.11 Å². The zero-order valence-electron chi connectivity index (χ0n) is 12.1. The van der Waals surface area contributed by atoms with Gasteiger partial charge in [0.05, 0.1) is 5.60 Å². The van der Waals surface area contributed by atoms with Gasteiger partial charge in [0.2, 0.25) is 0 Å². The molecule has 17 heavy (non-hydrogen) atoms. The first-order valence-corrected chi connectivity index (χ1v) is 7.36. The lowest BCUT2D eigenvalue weighted by atomic mass is 9.56. The summed E-state index contributed by atoms with van der Waals surface area (Å²) in [6.45, 7) is 11.5. The lowest BCUT2D eigenvalue weighted by Crippen LogP contribution is -2.41. The molecule has 0 heterocycles. The Hall–Kier alpha value is -0.0400. The Morgan fingerprint density at radius 1 is 1.00 bits per heavy atom. The summed E-state index contributed by atoms with van der Waals surface area (Å²) >= 11 is 0. The predicted molar refractivity (Wildman–Crippen MR) is 70.7 cm³/mol. The van der Waals surface area contributed by atoms with Crippen LogP contribution >= 0.6 is 0 Å². The minimum atomic E-state index is -0.478. The molecule has 3 aliphatic rings. The molecule has 1 nitrogen and oxygen atoms in total. The SMILES string of the molecule is CC1(C)CCC[C@@]2(C)[C@@H]1C[C@]1(C(C)(C)O)C[C@H]21. The molecule has 0 aromatic rings. The van der Waals surface area contributed by atoms with Gasteiger partial charge in [-0.05, 0) is 62.2 Å². The van der Waals surface area contributed by atoms with Gasteiger partial charge in [0, 0.05) is 5.41 Å². The molecule has 4 atom stereocenters. The lowest BCUT2D eigenvalue weighted by Gasteiger charge is -2.49. The van der Waals surface area contributed by atoms with Crippen molar-refractivity contribution in [2.75, 3.05) is 0 Å². The van der Waals surface area contributed by atoms with E-state index in [1.54, 1.807) is 0 Å². The Kier molecular flexibility index (Phi) is 2.07. The van der Waals surface area contributed by atoms with Gasteiger partial charge in [-0.1, -0.05) is 27.2 Å². The second kappa shape index (κ2) is 2.92. The van der Waals surface area contributed by atoms with Crippen molar-refractivity contribution in [2.45, 2.75) is 72.3 Å². The first kappa shape index (κ1) is 12.0. The highest BCUT2D eigenvalue weighted by molar-refractivity contribution is 5.25. The molecule has 3 saturated carbocycles. The van der Waals surface area contributed by atoms with Gasteiger partial charge >= 0.3 is 0 Å². The van der Waals surface area contributed by atoms with Crippen LogP contribution in [0.25, 0.3) is 0 Å². The predicted octanol–water partition coefficient (Wildman–Crippen LogP) is 4.00. The van der Waals surface area contributed by atoms with E-state index >= 15 is 0 Å². The molecule has 0 saturated heterocycles. The Balaban J connectivity index is 1.98. The van der Waals surface area contributed by atoms with E-state index < -0.39 is 5.60 Å². The summed E-state index contributed by atoms with van der Waals surface area (Å²) in [5, 5.41) is 10.5. The average molecular weight is 236 g/mol. The normalized spacial score (nSPS) is 51.9. The third-order valence-corrected chi connectivity index (χ3v) is 6.93. The molecule has 0 aromatic heterocycles. The largest absolute Gasteiger partial charge is 0.390 e. The minimum Gasteiger partial charge on any atom is -0.390 e. The average Bonchev–Trinajstić information content (AvgIpc) is 2.82. The van der Waals surface area contributed by atoms with Crippen LogP contribution in [0.5, 0.6) is 0 Å². The molecular formula is C16H28O. The smallest absolute Gasteiger partial charge is 0.0650 e. The van der Waals surface area contributed by atoms with Crippen LogP contribution in [0.4, 0.5) is 0 Å². The Labute approximate surface area is 106 Å². The molecule has 0 spiro atoms. The molecule has 3 rings (SSSR count). The summed E-state index contributed by atoms with van der Waals surface area (Å²) in [5.74, 6) is 1.62. The van der Waals surface area contributed by atoms with Crippen LogP contribution in [0.3, 0.4) is 0 Å². The number of hydrogen-bond acceptors (Lipinski definition) is 1. The summed E-state index contributed by atoms with van der Waals surface area (Å²) in [4.78, 5) is 0. The van der Waals surface area contributed by atoms with Crippen molar-refractivity contribution in [3.63, 3.8) is 0 Å². The number of rotatable bonds is 1. The summed E-state index contributed by atoms with van der Waals surface area (Å²) in [6.07, 6.45) is 6.70. The third-order valence-electron chi connectivity index (χ3n) is 6.93. The lowest BCUT2D eigenvalue weighted by molar-refractivity contribution is -0.0155. The van der Waals surface area contributed by atoms with E-state index in [2.05, 4.69) is 20.8 Å². The zero-order valence-corrected chi connectivity index (χ0v) is 12.1. The molecule has 0 amide bonds. The second-order valence-corrected chi connectivity index (χ2v) is 8.58. The van der Waals surface area contributed by atoms with Gasteiger partial charge in [0.1, 0.15) is 0 Å². The molecule has 1 heteroatoms. The van der Waals surface area contributed by atoms with E-state index in [-0.39, 0.29) is 5.41 Å². The van der Waals surface area contributed by atoms with Crippen molar-refractivity contribution in [1.82, 2.24) is 0 Å². The van der Waals surface area contributed by atoms with E-state index in [1.807, 2.05) is 13.8 Å². The van der Waals surface area contributed by atoms with Crippen molar-refractivity contribution in [3.8, 4) is 0 Å². The fourth-order valence-electron chi connectivity index (χ4n) is 5.78. The molecule has 3 aliphatic carbocycles. The van der Waals surface area contributed by atoms with Crippen molar-refractivity contribution in [2.24, 2.45) is 28.1 Å². The van der Waals surface area contributed by atoms with Gasteiger partial charge in [0.15, 0.2) is 0 Å². The molecule has 1 N–H and O–H groups in total. The first-order chi connectivity index (χ1) is 7.64. The van der Waals surface area contributed by atoms with Gasteiger partial charge in [-0.15, -0.1) is 0 Å². The topological polar surface area (TPSA) is 20.2 Å². The Morgan fingerprint density at radius 3 is 2.12 bits per heavy atom. The number of aliphatic hydroxyl groups is 1. The highest BCUT2D eigenvalue weighted by atomic mass is 16.3. The van der Waals surface area contributed by atoms with Crippen molar-refractivity contribution >= 4 is 0 Å². The third kappa shape index (κ3) is 1.30. The molecule has 3 fully saturated rings. The maximum absolute atomic E-state index is 10.5. The number of fused-ring (bicyclic) bond motifs is 3. The Morgan fingerprint density at radius 2 is 1.59 bits per heavy atom. The highest BCUT2D eigenvalue weighted by Gasteiger charge is 2.76.